The second-order valence-electron chi connectivity index (χ2n) is 5.28. The molecule has 1 aromatic heterocycles. The van der Waals surface area contributed by atoms with Gasteiger partial charge in [0.25, 0.3) is 0 Å². The van der Waals surface area contributed by atoms with Crippen molar-refractivity contribution < 1.29 is 4.42 Å². The quantitative estimate of drug-likeness (QED) is 0.617. The average Bonchev–Trinajstić information content (AvgIpc) is 2.73. The summed E-state index contributed by atoms with van der Waals surface area (Å²) in [6.45, 7) is 3.79. The fourth-order valence-electron chi connectivity index (χ4n) is 2.04. The minimum Gasteiger partial charge on any atom is -0.456 e. The molecule has 0 saturated carbocycles. The van der Waals surface area contributed by atoms with Crippen LogP contribution >= 0.6 is 0 Å². The molecule has 2 aromatic carbocycles. The molecular formula is C17H15NO. The Bertz CT molecular complexity index is 810. The lowest BCUT2D eigenvalue weighted by Gasteiger charge is -2.07. The van der Waals surface area contributed by atoms with E-state index in [-0.39, 0.29) is 0 Å². The van der Waals surface area contributed by atoms with Crippen LogP contribution in [0.4, 0.5) is 0 Å². The molecule has 0 aliphatic heterocycles. The number of para-hydroxylation sites is 1. The Morgan fingerprint density at radius 2 is 1.74 bits per heavy atom. The van der Waals surface area contributed by atoms with E-state index in [1.165, 1.54) is 0 Å². The highest BCUT2D eigenvalue weighted by atomic mass is 16.3. The first-order valence-electron chi connectivity index (χ1n) is 6.26. The SMILES string of the molecule is CC(C)(N)C#Cc1ccc2oc3ccccc3c2c1. The first kappa shape index (κ1) is 11.8. The van der Waals surface area contributed by atoms with Crippen LogP contribution in [0.15, 0.2) is 46.9 Å². The highest BCUT2D eigenvalue weighted by Crippen LogP contribution is 2.28. The Labute approximate surface area is 112 Å². The summed E-state index contributed by atoms with van der Waals surface area (Å²) in [5.41, 5.74) is 8.14. The van der Waals surface area contributed by atoms with Gasteiger partial charge in [0.15, 0.2) is 0 Å². The van der Waals surface area contributed by atoms with Crippen molar-refractivity contribution in [1.29, 1.82) is 0 Å². The average molecular weight is 249 g/mol. The molecule has 0 aliphatic rings. The molecule has 0 saturated heterocycles. The zero-order chi connectivity index (χ0) is 13.5. The van der Waals surface area contributed by atoms with Gasteiger partial charge in [0.1, 0.15) is 11.2 Å². The van der Waals surface area contributed by atoms with Crippen LogP contribution in [0, 0.1) is 11.8 Å². The number of fused-ring (bicyclic) bond motifs is 3. The number of hydrogen-bond acceptors (Lipinski definition) is 2. The van der Waals surface area contributed by atoms with Crippen LogP contribution in [-0.2, 0) is 0 Å². The highest BCUT2D eigenvalue weighted by Gasteiger charge is 2.07. The maximum atomic E-state index is 5.87. The van der Waals surface area contributed by atoms with Crippen LogP contribution < -0.4 is 5.73 Å². The third-order valence-electron chi connectivity index (χ3n) is 2.91. The van der Waals surface area contributed by atoms with E-state index in [0.717, 1.165) is 27.5 Å². The first-order valence-corrected chi connectivity index (χ1v) is 6.26. The molecular weight excluding hydrogens is 234 g/mol. The van der Waals surface area contributed by atoms with Gasteiger partial charge in [0, 0.05) is 16.3 Å². The number of rotatable bonds is 0. The Hall–Kier alpha value is -2.24. The van der Waals surface area contributed by atoms with Crippen LogP contribution in [0.25, 0.3) is 21.9 Å². The summed E-state index contributed by atoms with van der Waals surface area (Å²) >= 11 is 0. The molecule has 2 N–H and O–H groups in total. The van der Waals surface area contributed by atoms with Gasteiger partial charge >= 0.3 is 0 Å². The number of nitrogens with two attached hydrogens (primary N) is 1. The molecule has 19 heavy (non-hydrogen) atoms. The molecule has 94 valence electrons. The van der Waals surface area contributed by atoms with Crippen molar-refractivity contribution >= 4 is 21.9 Å². The maximum Gasteiger partial charge on any atom is 0.135 e. The molecule has 3 rings (SSSR count). The first-order chi connectivity index (χ1) is 9.03. The highest BCUT2D eigenvalue weighted by molar-refractivity contribution is 6.05. The monoisotopic (exact) mass is 249 g/mol. The standard InChI is InChI=1S/C17H15NO/c1-17(2,18)10-9-12-7-8-16-14(11-12)13-5-3-4-6-15(13)19-16/h3-8,11H,18H2,1-2H3. The lowest BCUT2D eigenvalue weighted by Crippen LogP contribution is -2.29. The second kappa shape index (κ2) is 4.15. The summed E-state index contributed by atoms with van der Waals surface area (Å²) in [7, 11) is 0. The van der Waals surface area contributed by atoms with Gasteiger partial charge in [-0.25, -0.2) is 0 Å². The molecule has 0 atom stereocenters. The minimum atomic E-state index is -0.479. The van der Waals surface area contributed by atoms with Crippen LogP contribution in [0.3, 0.4) is 0 Å². The van der Waals surface area contributed by atoms with Gasteiger partial charge in [0.2, 0.25) is 0 Å². The van der Waals surface area contributed by atoms with Crippen molar-refractivity contribution in [1.82, 2.24) is 0 Å². The smallest absolute Gasteiger partial charge is 0.135 e. The molecule has 0 amide bonds. The van der Waals surface area contributed by atoms with Crippen molar-refractivity contribution in [3.8, 4) is 11.8 Å². The molecule has 0 radical (unpaired) electrons. The van der Waals surface area contributed by atoms with Crippen molar-refractivity contribution in [3.63, 3.8) is 0 Å². The van der Waals surface area contributed by atoms with E-state index in [2.05, 4.69) is 24.0 Å². The number of benzene rings is 2. The summed E-state index contributed by atoms with van der Waals surface area (Å²) in [6, 6.07) is 14.0. The van der Waals surface area contributed by atoms with E-state index in [9.17, 15) is 0 Å². The number of furan rings is 1. The molecule has 0 spiro atoms. The summed E-state index contributed by atoms with van der Waals surface area (Å²) in [4.78, 5) is 0. The molecule has 3 aromatic rings. The van der Waals surface area contributed by atoms with Crippen LogP contribution in [0.2, 0.25) is 0 Å². The summed E-state index contributed by atoms with van der Waals surface area (Å²) in [5.74, 6) is 6.15. The molecule has 0 aliphatic carbocycles. The Balaban J connectivity index is 2.19. The Morgan fingerprint density at radius 3 is 2.53 bits per heavy atom. The largest absolute Gasteiger partial charge is 0.456 e. The maximum absolute atomic E-state index is 5.87. The predicted molar refractivity (Wildman–Crippen MR) is 78.9 cm³/mol. The molecule has 1 heterocycles. The Kier molecular flexibility index (Phi) is 2.58. The van der Waals surface area contributed by atoms with E-state index >= 15 is 0 Å². The fraction of sp³-hybridized carbons (Fsp3) is 0.176. The third kappa shape index (κ3) is 2.33. The van der Waals surface area contributed by atoms with Crippen LogP contribution in [0.1, 0.15) is 19.4 Å². The second-order valence-corrected chi connectivity index (χ2v) is 5.28. The molecule has 0 fully saturated rings. The van der Waals surface area contributed by atoms with Gasteiger partial charge in [0.05, 0.1) is 5.54 Å². The fourth-order valence-corrected chi connectivity index (χ4v) is 2.04. The third-order valence-corrected chi connectivity index (χ3v) is 2.91. The van der Waals surface area contributed by atoms with E-state index in [1.54, 1.807) is 0 Å². The Morgan fingerprint density at radius 1 is 1.00 bits per heavy atom. The van der Waals surface area contributed by atoms with Crippen molar-refractivity contribution in [2.75, 3.05) is 0 Å². The predicted octanol–water partition coefficient (Wildman–Crippen LogP) is 3.67. The summed E-state index contributed by atoms with van der Waals surface area (Å²) < 4.78 is 5.78. The topological polar surface area (TPSA) is 39.2 Å². The van der Waals surface area contributed by atoms with E-state index in [1.807, 2.05) is 44.2 Å². The van der Waals surface area contributed by atoms with Gasteiger partial charge in [-0.1, -0.05) is 30.0 Å². The molecule has 2 nitrogen and oxygen atoms in total. The minimum absolute atomic E-state index is 0.479. The molecule has 0 unspecified atom stereocenters. The van der Waals surface area contributed by atoms with Gasteiger partial charge in [-0.2, -0.15) is 0 Å². The van der Waals surface area contributed by atoms with Crippen molar-refractivity contribution in [2.45, 2.75) is 19.4 Å². The lowest BCUT2D eigenvalue weighted by molar-refractivity contribution is 0.669. The van der Waals surface area contributed by atoms with Gasteiger partial charge in [-0.05, 0) is 38.1 Å². The van der Waals surface area contributed by atoms with E-state index < -0.39 is 5.54 Å². The van der Waals surface area contributed by atoms with Crippen molar-refractivity contribution in [2.24, 2.45) is 5.73 Å². The van der Waals surface area contributed by atoms with E-state index in [4.69, 9.17) is 10.2 Å². The molecule has 2 heteroatoms. The number of hydrogen-bond donors (Lipinski definition) is 1. The zero-order valence-corrected chi connectivity index (χ0v) is 11.0. The zero-order valence-electron chi connectivity index (χ0n) is 11.0. The van der Waals surface area contributed by atoms with Gasteiger partial charge in [-0.15, -0.1) is 0 Å². The van der Waals surface area contributed by atoms with E-state index in [0.29, 0.717) is 0 Å². The lowest BCUT2D eigenvalue weighted by atomic mass is 10.1. The summed E-state index contributed by atoms with van der Waals surface area (Å²) in [6.07, 6.45) is 0. The normalized spacial score (nSPS) is 11.5. The van der Waals surface area contributed by atoms with Crippen LogP contribution in [-0.4, -0.2) is 5.54 Å². The van der Waals surface area contributed by atoms with Crippen LogP contribution in [0.5, 0.6) is 0 Å². The summed E-state index contributed by atoms with van der Waals surface area (Å²) in [5, 5.41) is 2.21. The van der Waals surface area contributed by atoms with Gasteiger partial charge < -0.3 is 10.2 Å². The van der Waals surface area contributed by atoms with Crippen molar-refractivity contribution in [3.05, 3.63) is 48.0 Å². The van der Waals surface area contributed by atoms with Gasteiger partial charge in [-0.3, -0.25) is 0 Å². The molecule has 0 bridgehead atoms.